The molecule has 0 heterocycles. The van der Waals surface area contributed by atoms with Crippen LogP contribution in [0.1, 0.15) is 20.3 Å². The van der Waals surface area contributed by atoms with Crippen molar-refractivity contribution in [3.63, 3.8) is 0 Å². The fourth-order valence-electron chi connectivity index (χ4n) is 0.501. The quantitative estimate of drug-likeness (QED) is 0.548. The number of hydroxylamine groups is 2. The molecule has 3 heteroatoms. The van der Waals surface area contributed by atoms with E-state index in [1.807, 2.05) is 13.8 Å². The van der Waals surface area contributed by atoms with Gasteiger partial charge in [-0.05, 0) is 6.42 Å². The summed E-state index contributed by atoms with van der Waals surface area (Å²) in [7, 11) is 0. The number of nitrogens with zero attached hydrogens (tertiary/aromatic N) is 1. The van der Waals surface area contributed by atoms with E-state index in [1.165, 1.54) is 0 Å². The lowest BCUT2D eigenvalue weighted by Crippen LogP contribution is -2.28. The zero-order valence-corrected chi connectivity index (χ0v) is 6.04. The van der Waals surface area contributed by atoms with Gasteiger partial charge < -0.3 is 10.3 Å². The van der Waals surface area contributed by atoms with Crippen LogP contribution in [0.3, 0.4) is 0 Å². The third-order valence-electron chi connectivity index (χ3n) is 1.26. The molecule has 1 atom stereocenters. The molecule has 0 aliphatic carbocycles. The Morgan fingerprint density at radius 2 is 2.00 bits per heavy atom. The van der Waals surface area contributed by atoms with E-state index >= 15 is 0 Å². The van der Waals surface area contributed by atoms with Crippen LogP contribution in [-0.4, -0.2) is 34.6 Å². The van der Waals surface area contributed by atoms with Crippen LogP contribution in [-0.2, 0) is 0 Å². The molecule has 0 rings (SSSR count). The zero-order chi connectivity index (χ0) is 7.28. The molecule has 0 bridgehead atoms. The van der Waals surface area contributed by atoms with Crippen LogP contribution >= 0.6 is 0 Å². The van der Waals surface area contributed by atoms with Gasteiger partial charge in [0.1, 0.15) is 0 Å². The van der Waals surface area contributed by atoms with Gasteiger partial charge in [0.2, 0.25) is 0 Å². The topological polar surface area (TPSA) is 43.7 Å². The van der Waals surface area contributed by atoms with Gasteiger partial charge in [-0.15, -0.1) is 0 Å². The van der Waals surface area contributed by atoms with Crippen molar-refractivity contribution in [3.8, 4) is 0 Å². The highest BCUT2D eigenvalue weighted by molar-refractivity contribution is 4.53. The van der Waals surface area contributed by atoms with E-state index in [2.05, 4.69) is 0 Å². The number of hydrogen-bond acceptors (Lipinski definition) is 3. The Morgan fingerprint density at radius 3 is 2.33 bits per heavy atom. The van der Waals surface area contributed by atoms with Gasteiger partial charge in [0.15, 0.2) is 0 Å². The Kier molecular flexibility index (Phi) is 4.67. The molecule has 0 aromatic carbocycles. The molecule has 9 heavy (non-hydrogen) atoms. The van der Waals surface area contributed by atoms with Crippen molar-refractivity contribution in [3.05, 3.63) is 0 Å². The lowest BCUT2D eigenvalue weighted by molar-refractivity contribution is -0.109. The van der Waals surface area contributed by atoms with Gasteiger partial charge in [-0.1, -0.05) is 13.8 Å². The van der Waals surface area contributed by atoms with Crippen LogP contribution < -0.4 is 0 Å². The molecular weight excluding hydrogens is 118 g/mol. The summed E-state index contributed by atoms with van der Waals surface area (Å²) in [5, 5.41) is 18.9. The average molecular weight is 133 g/mol. The maximum Gasteiger partial charge on any atom is 0.0687 e. The Labute approximate surface area is 55.9 Å². The van der Waals surface area contributed by atoms with Crippen LogP contribution in [0.5, 0.6) is 0 Å². The molecule has 1 unspecified atom stereocenters. The summed E-state index contributed by atoms with van der Waals surface area (Å²) in [5.74, 6) is 0. The second-order valence-corrected chi connectivity index (χ2v) is 2.07. The monoisotopic (exact) mass is 133 g/mol. The second kappa shape index (κ2) is 4.73. The van der Waals surface area contributed by atoms with E-state index in [4.69, 9.17) is 10.3 Å². The maximum absolute atomic E-state index is 8.96. The molecule has 0 fully saturated rings. The van der Waals surface area contributed by atoms with E-state index in [9.17, 15) is 0 Å². The molecule has 0 aromatic rings. The minimum Gasteiger partial charge on any atom is -0.392 e. The number of rotatable bonds is 4. The third-order valence-corrected chi connectivity index (χ3v) is 1.26. The lowest BCUT2D eigenvalue weighted by Gasteiger charge is -2.14. The van der Waals surface area contributed by atoms with Gasteiger partial charge in [-0.3, -0.25) is 0 Å². The molecule has 0 amide bonds. The summed E-state index contributed by atoms with van der Waals surface area (Å²) >= 11 is 0. The van der Waals surface area contributed by atoms with Gasteiger partial charge in [-0.2, -0.15) is 5.06 Å². The second-order valence-electron chi connectivity index (χ2n) is 2.07. The summed E-state index contributed by atoms with van der Waals surface area (Å²) in [5.41, 5.74) is 0. The van der Waals surface area contributed by atoms with Crippen LogP contribution in [0.2, 0.25) is 0 Å². The molecule has 2 N–H and O–H groups in total. The normalized spacial score (nSPS) is 14.3. The van der Waals surface area contributed by atoms with Crippen molar-refractivity contribution in [1.29, 1.82) is 0 Å². The fraction of sp³-hybridized carbons (Fsp3) is 1.00. The van der Waals surface area contributed by atoms with E-state index in [0.29, 0.717) is 19.5 Å². The van der Waals surface area contributed by atoms with Crippen molar-refractivity contribution >= 4 is 0 Å². The highest BCUT2D eigenvalue weighted by Gasteiger charge is 2.03. The van der Waals surface area contributed by atoms with Gasteiger partial charge in [0, 0.05) is 13.1 Å². The molecule has 0 saturated heterocycles. The summed E-state index contributed by atoms with van der Waals surface area (Å²) in [6.07, 6.45) is 0.298. The van der Waals surface area contributed by atoms with Crippen LogP contribution in [0, 0.1) is 0 Å². The first kappa shape index (κ1) is 8.88. The van der Waals surface area contributed by atoms with Gasteiger partial charge in [-0.25, -0.2) is 0 Å². The molecule has 56 valence electrons. The van der Waals surface area contributed by atoms with Crippen LogP contribution in [0.4, 0.5) is 0 Å². The van der Waals surface area contributed by atoms with Crippen molar-refractivity contribution in [2.75, 3.05) is 13.1 Å². The van der Waals surface area contributed by atoms with E-state index in [-0.39, 0.29) is 0 Å². The molecule has 0 radical (unpaired) electrons. The summed E-state index contributed by atoms with van der Waals surface area (Å²) in [6, 6.07) is 0. The highest BCUT2D eigenvalue weighted by atomic mass is 16.5. The van der Waals surface area contributed by atoms with Crippen molar-refractivity contribution in [2.45, 2.75) is 26.4 Å². The molecule has 0 aromatic heterocycles. The van der Waals surface area contributed by atoms with Crippen LogP contribution in [0.25, 0.3) is 0 Å². The smallest absolute Gasteiger partial charge is 0.0687 e. The molecule has 0 saturated carbocycles. The molecule has 0 aliphatic rings. The predicted molar refractivity (Wildman–Crippen MR) is 35.3 cm³/mol. The summed E-state index contributed by atoms with van der Waals surface area (Å²) in [4.78, 5) is 0. The number of aliphatic hydroxyl groups is 1. The molecular formula is C6H15NO2. The average Bonchev–Trinajstić information content (AvgIpc) is 1.87. The first-order valence-corrected chi connectivity index (χ1v) is 3.32. The third kappa shape index (κ3) is 4.39. The summed E-state index contributed by atoms with van der Waals surface area (Å²) < 4.78 is 0. The number of aliphatic hydroxyl groups excluding tert-OH is 1. The van der Waals surface area contributed by atoms with Gasteiger partial charge in [0.25, 0.3) is 0 Å². The SMILES string of the molecule is CCC(O)CN(O)CC. The van der Waals surface area contributed by atoms with Gasteiger partial charge >= 0.3 is 0 Å². The minimum absolute atomic E-state index is 0.354. The minimum atomic E-state index is -0.394. The molecule has 0 aliphatic heterocycles. The van der Waals surface area contributed by atoms with Crippen LogP contribution in [0.15, 0.2) is 0 Å². The largest absolute Gasteiger partial charge is 0.392 e. The molecule has 3 nitrogen and oxygen atoms in total. The van der Waals surface area contributed by atoms with Crippen molar-refractivity contribution < 1.29 is 10.3 Å². The number of hydrogen-bond donors (Lipinski definition) is 2. The predicted octanol–water partition coefficient (Wildman–Crippen LogP) is 0.468. The standard InChI is InChI=1S/C6H15NO2/c1-3-6(8)5-7(9)4-2/h6,8-9H,3-5H2,1-2H3. The summed E-state index contributed by atoms with van der Waals surface area (Å²) in [6.45, 7) is 4.64. The Balaban J connectivity index is 3.22. The zero-order valence-electron chi connectivity index (χ0n) is 6.04. The fourth-order valence-corrected chi connectivity index (χ4v) is 0.501. The first-order valence-electron chi connectivity index (χ1n) is 3.32. The van der Waals surface area contributed by atoms with E-state index < -0.39 is 6.10 Å². The van der Waals surface area contributed by atoms with Crippen molar-refractivity contribution in [2.24, 2.45) is 0 Å². The lowest BCUT2D eigenvalue weighted by atomic mass is 10.3. The first-order chi connectivity index (χ1) is 4.20. The van der Waals surface area contributed by atoms with E-state index in [1.54, 1.807) is 0 Å². The Morgan fingerprint density at radius 1 is 1.44 bits per heavy atom. The molecule has 0 spiro atoms. The van der Waals surface area contributed by atoms with Gasteiger partial charge in [0.05, 0.1) is 6.10 Å². The van der Waals surface area contributed by atoms with Crippen molar-refractivity contribution in [1.82, 2.24) is 5.06 Å². The number of likely N-dealkylation sites (N-methyl/N-ethyl adjacent to an activating group) is 1. The Bertz CT molecular complexity index is 60.1. The van der Waals surface area contributed by atoms with E-state index in [0.717, 1.165) is 5.06 Å². The Hall–Kier alpha value is -0.120. The maximum atomic E-state index is 8.96. The highest BCUT2D eigenvalue weighted by Crippen LogP contribution is 1.91.